The predicted molar refractivity (Wildman–Crippen MR) is 95.1 cm³/mol. The maximum Gasteiger partial charge on any atom is 0.320 e. The summed E-state index contributed by atoms with van der Waals surface area (Å²) in [7, 11) is 1.83. The standard InChI is InChI=1S/C18H16ClFN4O/c1-24-10-9-21-17(24)16(12-5-7-14(20)8-6-12)23-18(25)22-15-4-2-3-13(19)11-15/h2-11,16H,1H3,(H2,22,23,25)/t16-/m0/s1. The molecule has 7 heteroatoms. The Bertz CT molecular complexity index is 879. The molecule has 3 aromatic rings. The van der Waals surface area contributed by atoms with Crippen LogP contribution in [0.2, 0.25) is 5.02 Å². The Balaban J connectivity index is 1.83. The number of hydrogen-bond acceptors (Lipinski definition) is 2. The first-order valence-corrected chi connectivity index (χ1v) is 7.96. The lowest BCUT2D eigenvalue weighted by Gasteiger charge is -2.19. The van der Waals surface area contributed by atoms with Gasteiger partial charge in [0.25, 0.3) is 0 Å². The number of anilines is 1. The summed E-state index contributed by atoms with van der Waals surface area (Å²) in [6, 6.07) is 11.8. The molecule has 2 N–H and O–H groups in total. The topological polar surface area (TPSA) is 59.0 Å². The zero-order valence-corrected chi connectivity index (χ0v) is 14.2. The monoisotopic (exact) mass is 358 g/mol. The summed E-state index contributed by atoms with van der Waals surface area (Å²) >= 11 is 5.93. The van der Waals surface area contributed by atoms with Gasteiger partial charge in [0.2, 0.25) is 0 Å². The fourth-order valence-corrected chi connectivity index (χ4v) is 2.66. The molecule has 128 valence electrons. The Morgan fingerprint density at radius 1 is 1.24 bits per heavy atom. The van der Waals surface area contributed by atoms with E-state index < -0.39 is 12.1 Å². The molecule has 1 heterocycles. The van der Waals surface area contributed by atoms with Crippen molar-refractivity contribution in [1.82, 2.24) is 14.9 Å². The number of rotatable bonds is 4. The largest absolute Gasteiger partial charge is 0.336 e. The molecule has 0 aliphatic rings. The second kappa shape index (κ2) is 7.36. The summed E-state index contributed by atoms with van der Waals surface area (Å²) in [5, 5.41) is 6.12. The van der Waals surface area contributed by atoms with E-state index in [0.717, 1.165) is 5.56 Å². The number of aromatic nitrogens is 2. The van der Waals surface area contributed by atoms with Crippen LogP contribution >= 0.6 is 11.6 Å². The average Bonchev–Trinajstić information content (AvgIpc) is 2.99. The molecular weight excluding hydrogens is 343 g/mol. The quantitative estimate of drug-likeness (QED) is 0.737. The van der Waals surface area contributed by atoms with Gasteiger partial charge in [-0.15, -0.1) is 0 Å². The van der Waals surface area contributed by atoms with Crippen LogP contribution < -0.4 is 10.6 Å². The number of nitrogens with one attached hydrogen (secondary N) is 2. The van der Waals surface area contributed by atoms with Gasteiger partial charge in [-0.3, -0.25) is 0 Å². The van der Waals surface area contributed by atoms with E-state index in [2.05, 4.69) is 15.6 Å². The van der Waals surface area contributed by atoms with E-state index in [9.17, 15) is 9.18 Å². The van der Waals surface area contributed by atoms with Crippen LogP contribution in [0.4, 0.5) is 14.9 Å². The van der Waals surface area contributed by atoms with Crippen molar-refractivity contribution >= 4 is 23.3 Å². The molecule has 2 aromatic carbocycles. The lowest BCUT2D eigenvalue weighted by Crippen LogP contribution is -2.34. The normalized spacial score (nSPS) is 11.8. The highest BCUT2D eigenvalue weighted by Gasteiger charge is 2.21. The number of amides is 2. The molecule has 0 spiro atoms. The van der Waals surface area contributed by atoms with Gasteiger partial charge >= 0.3 is 6.03 Å². The van der Waals surface area contributed by atoms with Gasteiger partial charge in [0.1, 0.15) is 17.7 Å². The van der Waals surface area contributed by atoms with E-state index in [4.69, 9.17) is 11.6 Å². The van der Waals surface area contributed by atoms with Gasteiger partial charge in [-0.25, -0.2) is 14.2 Å². The first-order chi connectivity index (χ1) is 12.0. The molecule has 0 bridgehead atoms. The number of halogens is 2. The van der Waals surface area contributed by atoms with Crippen LogP contribution in [-0.2, 0) is 7.05 Å². The third-order valence-corrected chi connectivity index (χ3v) is 3.91. The van der Waals surface area contributed by atoms with Gasteiger partial charge in [-0.2, -0.15) is 0 Å². The molecule has 0 saturated carbocycles. The van der Waals surface area contributed by atoms with Crippen LogP contribution in [0, 0.1) is 5.82 Å². The van der Waals surface area contributed by atoms with Gasteiger partial charge in [-0.05, 0) is 35.9 Å². The minimum Gasteiger partial charge on any atom is -0.336 e. The Morgan fingerprint density at radius 3 is 2.64 bits per heavy atom. The number of urea groups is 1. The minimum atomic E-state index is -0.528. The first kappa shape index (κ1) is 17.0. The van der Waals surface area contributed by atoms with Crippen LogP contribution in [0.25, 0.3) is 0 Å². The molecule has 3 rings (SSSR count). The van der Waals surface area contributed by atoms with E-state index in [1.807, 2.05) is 7.05 Å². The molecule has 0 aliphatic carbocycles. The number of carbonyl (C=O) groups is 1. The van der Waals surface area contributed by atoms with Crippen LogP contribution in [0.15, 0.2) is 60.9 Å². The van der Waals surface area contributed by atoms with Gasteiger partial charge < -0.3 is 15.2 Å². The molecule has 25 heavy (non-hydrogen) atoms. The number of aryl methyl sites for hydroxylation is 1. The van der Waals surface area contributed by atoms with Crippen molar-refractivity contribution in [2.45, 2.75) is 6.04 Å². The molecule has 1 atom stereocenters. The summed E-state index contributed by atoms with van der Waals surface area (Å²) < 4.78 is 15.0. The molecule has 5 nitrogen and oxygen atoms in total. The Morgan fingerprint density at radius 2 is 2.00 bits per heavy atom. The van der Waals surface area contributed by atoms with Gasteiger partial charge in [0, 0.05) is 30.2 Å². The maximum absolute atomic E-state index is 13.2. The van der Waals surface area contributed by atoms with Gasteiger partial charge in [-0.1, -0.05) is 29.8 Å². The summed E-state index contributed by atoms with van der Waals surface area (Å²) in [5.41, 5.74) is 1.29. The lowest BCUT2D eigenvalue weighted by molar-refractivity contribution is 0.249. The van der Waals surface area contributed by atoms with Crippen LogP contribution in [0.3, 0.4) is 0 Å². The van der Waals surface area contributed by atoms with E-state index in [1.54, 1.807) is 53.4 Å². The average molecular weight is 359 g/mol. The highest BCUT2D eigenvalue weighted by Crippen LogP contribution is 2.21. The van der Waals surface area contributed by atoms with Crippen molar-refractivity contribution in [3.8, 4) is 0 Å². The SMILES string of the molecule is Cn1ccnc1[C@@H](NC(=O)Nc1cccc(Cl)c1)c1ccc(F)cc1. The van der Waals surface area contributed by atoms with Crippen molar-refractivity contribution in [2.24, 2.45) is 7.05 Å². The molecule has 0 fully saturated rings. The van der Waals surface area contributed by atoms with E-state index >= 15 is 0 Å². The van der Waals surface area contributed by atoms with Crippen molar-refractivity contribution in [1.29, 1.82) is 0 Å². The predicted octanol–water partition coefficient (Wildman–Crippen LogP) is 4.12. The molecule has 1 aromatic heterocycles. The van der Waals surface area contributed by atoms with Crippen molar-refractivity contribution in [2.75, 3.05) is 5.32 Å². The number of benzene rings is 2. The first-order valence-electron chi connectivity index (χ1n) is 7.59. The van der Waals surface area contributed by atoms with Crippen LogP contribution in [0.1, 0.15) is 17.4 Å². The highest BCUT2D eigenvalue weighted by molar-refractivity contribution is 6.30. The van der Waals surface area contributed by atoms with Crippen LogP contribution in [-0.4, -0.2) is 15.6 Å². The van der Waals surface area contributed by atoms with Gasteiger partial charge in [0.15, 0.2) is 0 Å². The third kappa shape index (κ3) is 4.16. The van der Waals surface area contributed by atoms with Crippen molar-refractivity contribution in [3.05, 3.63) is 83.2 Å². The Kier molecular flexibility index (Phi) is 5.00. The molecule has 0 unspecified atom stereocenters. The molecule has 2 amide bonds. The van der Waals surface area contributed by atoms with E-state index in [1.165, 1.54) is 12.1 Å². The number of nitrogens with zero attached hydrogens (tertiary/aromatic N) is 2. The molecular formula is C18H16ClFN4O. The highest BCUT2D eigenvalue weighted by atomic mass is 35.5. The summed E-state index contributed by atoms with van der Waals surface area (Å²) in [4.78, 5) is 16.7. The third-order valence-electron chi connectivity index (χ3n) is 3.68. The molecule has 0 aliphatic heterocycles. The molecule has 0 saturated heterocycles. The Labute approximate surface area is 149 Å². The Hall–Kier alpha value is -2.86. The lowest BCUT2D eigenvalue weighted by atomic mass is 10.1. The maximum atomic E-state index is 13.2. The summed E-state index contributed by atoms with van der Waals surface area (Å²) in [6.45, 7) is 0. The smallest absolute Gasteiger partial charge is 0.320 e. The second-order valence-corrected chi connectivity index (χ2v) is 5.93. The summed E-state index contributed by atoms with van der Waals surface area (Å²) in [6.07, 6.45) is 3.42. The molecule has 0 radical (unpaired) electrons. The van der Waals surface area contributed by atoms with E-state index in [0.29, 0.717) is 16.5 Å². The minimum absolute atomic E-state index is 0.342. The number of imidazole rings is 1. The van der Waals surface area contributed by atoms with Gasteiger partial charge in [0.05, 0.1) is 0 Å². The second-order valence-electron chi connectivity index (χ2n) is 5.49. The zero-order valence-electron chi connectivity index (χ0n) is 13.4. The number of carbonyl (C=O) groups excluding carboxylic acids is 1. The van der Waals surface area contributed by atoms with E-state index in [-0.39, 0.29) is 5.82 Å². The summed E-state index contributed by atoms with van der Waals surface area (Å²) in [5.74, 6) is 0.290. The van der Waals surface area contributed by atoms with Crippen molar-refractivity contribution in [3.63, 3.8) is 0 Å². The zero-order chi connectivity index (χ0) is 17.8. The fraction of sp³-hybridized carbons (Fsp3) is 0.111. The fourth-order valence-electron chi connectivity index (χ4n) is 2.47. The number of hydrogen-bond donors (Lipinski definition) is 2. The van der Waals surface area contributed by atoms with Crippen LogP contribution in [0.5, 0.6) is 0 Å². The van der Waals surface area contributed by atoms with Crippen molar-refractivity contribution < 1.29 is 9.18 Å².